The second-order valence-electron chi connectivity index (χ2n) is 6.98. The van der Waals surface area contributed by atoms with Crippen LogP contribution in [0.3, 0.4) is 0 Å². The lowest BCUT2D eigenvalue weighted by molar-refractivity contribution is 0.0201. The fourth-order valence-corrected chi connectivity index (χ4v) is 4.03. The van der Waals surface area contributed by atoms with Crippen LogP contribution in [-0.2, 0) is 0 Å². The number of fused-ring (bicyclic) bond motifs is 1. The summed E-state index contributed by atoms with van der Waals surface area (Å²) in [5.41, 5.74) is 0.807. The predicted molar refractivity (Wildman–Crippen MR) is 93.7 cm³/mol. The van der Waals surface area contributed by atoms with E-state index in [2.05, 4.69) is 19.8 Å². The van der Waals surface area contributed by atoms with Crippen molar-refractivity contribution < 1.29 is 9.50 Å². The van der Waals surface area contributed by atoms with Crippen LogP contribution in [0.2, 0.25) is 0 Å². The first kappa shape index (κ1) is 16.4. The van der Waals surface area contributed by atoms with E-state index >= 15 is 0 Å². The molecule has 0 aliphatic carbocycles. The molecule has 3 atom stereocenters. The number of piperazine rings is 1. The molecule has 1 N–H and O–H groups in total. The standard InChI is InChI=1S/C19H23FN4O/c20-16-5-2-14(3-6-16)18(25)15-4-7-17-13-24(11-10-23(17)12-15)19-21-8-1-9-22-19/h1-3,5-6,8-9,15,17-18,25H,4,7,10-13H2. The van der Waals surface area contributed by atoms with Crippen molar-refractivity contribution in [3.8, 4) is 0 Å². The molecule has 5 nitrogen and oxygen atoms in total. The number of hydrogen-bond acceptors (Lipinski definition) is 5. The maximum atomic E-state index is 13.1. The number of aliphatic hydroxyl groups is 1. The fraction of sp³-hybridized carbons (Fsp3) is 0.474. The average molecular weight is 342 g/mol. The van der Waals surface area contributed by atoms with Crippen molar-refractivity contribution in [3.05, 3.63) is 54.1 Å². The molecular formula is C19H23FN4O. The summed E-state index contributed by atoms with van der Waals surface area (Å²) in [7, 11) is 0. The summed E-state index contributed by atoms with van der Waals surface area (Å²) in [5.74, 6) is 0.732. The van der Waals surface area contributed by atoms with Gasteiger partial charge < -0.3 is 10.0 Å². The number of benzene rings is 1. The highest BCUT2D eigenvalue weighted by Crippen LogP contribution is 2.33. The Morgan fingerprint density at radius 1 is 1.04 bits per heavy atom. The van der Waals surface area contributed by atoms with Crippen LogP contribution in [0.5, 0.6) is 0 Å². The zero-order valence-corrected chi connectivity index (χ0v) is 14.1. The monoisotopic (exact) mass is 342 g/mol. The smallest absolute Gasteiger partial charge is 0.225 e. The number of rotatable bonds is 3. The van der Waals surface area contributed by atoms with Gasteiger partial charge in [-0.3, -0.25) is 4.90 Å². The summed E-state index contributed by atoms with van der Waals surface area (Å²) in [4.78, 5) is 13.4. The van der Waals surface area contributed by atoms with Gasteiger partial charge in [-0.2, -0.15) is 0 Å². The second kappa shape index (κ2) is 7.06. The van der Waals surface area contributed by atoms with E-state index in [0.29, 0.717) is 6.04 Å². The Bertz CT molecular complexity index is 696. The molecule has 0 spiro atoms. The summed E-state index contributed by atoms with van der Waals surface area (Å²) < 4.78 is 13.1. The van der Waals surface area contributed by atoms with E-state index in [1.807, 2.05) is 6.07 Å². The van der Waals surface area contributed by atoms with Crippen LogP contribution in [0, 0.1) is 11.7 Å². The van der Waals surface area contributed by atoms with E-state index in [0.717, 1.165) is 50.5 Å². The van der Waals surface area contributed by atoms with E-state index in [-0.39, 0.29) is 11.7 Å². The summed E-state index contributed by atoms with van der Waals surface area (Å²) in [6.07, 6.45) is 5.06. The minimum Gasteiger partial charge on any atom is -0.388 e. The quantitative estimate of drug-likeness (QED) is 0.927. The van der Waals surface area contributed by atoms with Crippen LogP contribution in [0.1, 0.15) is 24.5 Å². The van der Waals surface area contributed by atoms with Crippen molar-refractivity contribution in [2.24, 2.45) is 5.92 Å². The number of piperidine rings is 1. The van der Waals surface area contributed by atoms with Crippen molar-refractivity contribution in [2.45, 2.75) is 25.0 Å². The van der Waals surface area contributed by atoms with E-state index in [4.69, 9.17) is 0 Å². The first-order chi connectivity index (χ1) is 12.2. The predicted octanol–water partition coefficient (Wildman–Crippen LogP) is 2.25. The van der Waals surface area contributed by atoms with Crippen LogP contribution in [0.4, 0.5) is 10.3 Å². The number of anilines is 1. The van der Waals surface area contributed by atoms with Crippen LogP contribution in [-0.4, -0.2) is 52.2 Å². The summed E-state index contributed by atoms with van der Waals surface area (Å²) in [6, 6.07) is 8.54. The molecule has 1 aromatic heterocycles. The van der Waals surface area contributed by atoms with Crippen molar-refractivity contribution >= 4 is 5.95 Å². The molecule has 0 bridgehead atoms. The van der Waals surface area contributed by atoms with Gasteiger partial charge in [-0.1, -0.05) is 12.1 Å². The third kappa shape index (κ3) is 3.50. The molecular weight excluding hydrogens is 319 g/mol. The van der Waals surface area contributed by atoms with Crippen LogP contribution in [0.25, 0.3) is 0 Å². The third-order valence-electron chi connectivity index (χ3n) is 5.44. The SMILES string of the molecule is OC(c1ccc(F)cc1)C1CCC2CN(c3ncccn3)CCN2C1. The molecule has 3 unspecified atom stereocenters. The first-order valence-electron chi connectivity index (χ1n) is 8.90. The van der Waals surface area contributed by atoms with E-state index in [1.165, 1.54) is 12.1 Å². The largest absolute Gasteiger partial charge is 0.388 e. The molecule has 25 heavy (non-hydrogen) atoms. The molecule has 2 aliphatic rings. The third-order valence-corrected chi connectivity index (χ3v) is 5.44. The fourth-order valence-electron chi connectivity index (χ4n) is 4.03. The highest BCUT2D eigenvalue weighted by molar-refractivity contribution is 5.30. The molecule has 3 heterocycles. The highest BCUT2D eigenvalue weighted by Gasteiger charge is 2.36. The van der Waals surface area contributed by atoms with Crippen molar-refractivity contribution in [1.82, 2.24) is 14.9 Å². The Morgan fingerprint density at radius 3 is 2.56 bits per heavy atom. The average Bonchev–Trinajstić information content (AvgIpc) is 2.68. The van der Waals surface area contributed by atoms with Gasteiger partial charge in [0.2, 0.25) is 5.95 Å². The molecule has 2 fully saturated rings. The Hall–Kier alpha value is -2.05. The van der Waals surface area contributed by atoms with E-state index < -0.39 is 6.10 Å². The van der Waals surface area contributed by atoms with Gasteiger partial charge in [0.1, 0.15) is 5.82 Å². The summed E-state index contributed by atoms with van der Waals surface area (Å²) >= 11 is 0. The first-order valence-corrected chi connectivity index (χ1v) is 8.90. The maximum absolute atomic E-state index is 13.1. The molecule has 1 aromatic carbocycles. The van der Waals surface area contributed by atoms with Crippen LogP contribution < -0.4 is 4.90 Å². The number of hydrogen-bond donors (Lipinski definition) is 1. The lowest BCUT2D eigenvalue weighted by atomic mass is 9.85. The van der Waals surface area contributed by atoms with Gasteiger partial charge in [-0.15, -0.1) is 0 Å². The van der Waals surface area contributed by atoms with E-state index in [1.54, 1.807) is 24.5 Å². The Morgan fingerprint density at radius 2 is 1.80 bits per heavy atom. The number of aliphatic hydroxyl groups excluding tert-OH is 1. The zero-order valence-electron chi connectivity index (χ0n) is 14.1. The topological polar surface area (TPSA) is 52.5 Å². The maximum Gasteiger partial charge on any atom is 0.225 e. The van der Waals surface area contributed by atoms with Gasteiger partial charge >= 0.3 is 0 Å². The van der Waals surface area contributed by atoms with Gasteiger partial charge in [-0.25, -0.2) is 14.4 Å². The number of halogens is 1. The molecule has 4 rings (SSSR count). The number of nitrogens with zero attached hydrogens (tertiary/aromatic N) is 4. The Balaban J connectivity index is 1.39. The summed E-state index contributed by atoms with van der Waals surface area (Å²) in [5, 5.41) is 10.7. The summed E-state index contributed by atoms with van der Waals surface area (Å²) in [6.45, 7) is 3.67. The molecule has 2 aromatic rings. The number of aromatic nitrogens is 2. The van der Waals surface area contributed by atoms with Gasteiger partial charge in [-0.05, 0) is 36.6 Å². The van der Waals surface area contributed by atoms with Crippen LogP contribution >= 0.6 is 0 Å². The normalized spacial score (nSPS) is 25.4. The van der Waals surface area contributed by atoms with Crippen LogP contribution in [0.15, 0.2) is 42.7 Å². The lowest BCUT2D eigenvalue weighted by Gasteiger charge is -2.47. The van der Waals surface area contributed by atoms with Crippen molar-refractivity contribution in [3.63, 3.8) is 0 Å². The van der Waals surface area contributed by atoms with Gasteiger partial charge in [0.05, 0.1) is 6.10 Å². The molecule has 132 valence electrons. The Labute approximate surface area is 147 Å². The highest BCUT2D eigenvalue weighted by atomic mass is 19.1. The molecule has 6 heteroatoms. The molecule has 0 amide bonds. The van der Waals surface area contributed by atoms with Gasteiger partial charge in [0.25, 0.3) is 0 Å². The zero-order chi connectivity index (χ0) is 17.2. The Kier molecular flexibility index (Phi) is 4.63. The molecule has 0 radical (unpaired) electrons. The lowest BCUT2D eigenvalue weighted by Crippen LogP contribution is -2.57. The minimum atomic E-state index is -0.531. The van der Waals surface area contributed by atoms with Gasteiger partial charge in [0, 0.05) is 50.5 Å². The molecule has 2 saturated heterocycles. The van der Waals surface area contributed by atoms with Crippen molar-refractivity contribution in [2.75, 3.05) is 31.1 Å². The van der Waals surface area contributed by atoms with E-state index in [9.17, 15) is 9.50 Å². The van der Waals surface area contributed by atoms with Crippen molar-refractivity contribution in [1.29, 1.82) is 0 Å². The second-order valence-corrected chi connectivity index (χ2v) is 6.98. The minimum absolute atomic E-state index is 0.196. The molecule has 0 saturated carbocycles. The molecule has 2 aliphatic heterocycles. The van der Waals surface area contributed by atoms with Gasteiger partial charge in [0.15, 0.2) is 0 Å².